The van der Waals surface area contributed by atoms with Crippen LogP contribution in [0.15, 0.2) is 48.5 Å². The molecule has 0 radical (unpaired) electrons. The first-order valence-electron chi connectivity index (χ1n) is 7.08. The smallest absolute Gasteiger partial charge is 0.387 e. The standard InChI is InChI=1S/C17H16ClF2NO2/c18-15-4-2-1-3-13(15)7-10-16(22)21-11-12-5-8-14(9-6-12)23-17(19)20/h1-6,8-9,17H,7,10-11H2,(H,21,22). The molecular weight excluding hydrogens is 324 g/mol. The zero-order chi connectivity index (χ0) is 16.7. The summed E-state index contributed by atoms with van der Waals surface area (Å²) in [4.78, 5) is 11.8. The van der Waals surface area contributed by atoms with Gasteiger partial charge in [0.1, 0.15) is 5.75 Å². The first kappa shape index (κ1) is 17.2. The molecule has 0 aliphatic heterocycles. The predicted molar refractivity (Wildman–Crippen MR) is 84.7 cm³/mol. The molecule has 0 spiro atoms. The van der Waals surface area contributed by atoms with Crippen molar-refractivity contribution in [2.24, 2.45) is 0 Å². The van der Waals surface area contributed by atoms with E-state index in [9.17, 15) is 13.6 Å². The number of alkyl halides is 2. The van der Waals surface area contributed by atoms with Crippen LogP contribution in [0.4, 0.5) is 8.78 Å². The van der Waals surface area contributed by atoms with Gasteiger partial charge >= 0.3 is 6.61 Å². The molecule has 2 rings (SSSR count). The first-order valence-corrected chi connectivity index (χ1v) is 7.46. The number of benzene rings is 2. The summed E-state index contributed by atoms with van der Waals surface area (Å²) in [6.45, 7) is -2.51. The number of halogens is 3. The molecule has 1 N–H and O–H groups in total. The third-order valence-corrected chi connectivity index (χ3v) is 3.59. The van der Waals surface area contributed by atoms with Gasteiger partial charge in [0, 0.05) is 18.0 Å². The van der Waals surface area contributed by atoms with Gasteiger partial charge in [-0.15, -0.1) is 0 Å². The van der Waals surface area contributed by atoms with E-state index in [0.29, 0.717) is 24.4 Å². The van der Waals surface area contributed by atoms with E-state index in [0.717, 1.165) is 11.1 Å². The van der Waals surface area contributed by atoms with Gasteiger partial charge in [0.15, 0.2) is 0 Å². The Morgan fingerprint density at radius 2 is 1.83 bits per heavy atom. The molecule has 0 fully saturated rings. The monoisotopic (exact) mass is 339 g/mol. The van der Waals surface area contributed by atoms with Crippen LogP contribution in [0.2, 0.25) is 5.02 Å². The lowest BCUT2D eigenvalue weighted by atomic mass is 10.1. The number of aryl methyl sites for hydroxylation is 1. The maximum atomic E-state index is 12.0. The highest BCUT2D eigenvalue weighted by Gasteiger charge is 2.06. The predicted octanol–water partition coefficient (Wildman–Crippen LogP) is 4.19. The Hall–Kier alpha value is -2.14. The Balaban J connectivity index is 1.77. The molecule has 122 valence electrons. The summed E-state index contributed by atoms with van der Waals surface area (Å²) in [5.74, 6) is -0.00776. The summed E-state index contributed by atoms with van der Waals surface area (Å²) in [7, 11) is 0. The van der Waals surface area contributed by atoms with Gasteiger partial charge in [-0.1, -0.05) is 41.9 Å². The van der Waals surface area contributed by atoms with Crippen LogP contribution in [0.3, 0.4) is 0 Å². The quantitative estimate of drug-likeness (QED) is 0.821. The number of carbonyl (C=O) groups excluding carboxylic acids is 1. The van der Waals surface area contributed by atoms with E-state index in [1.807, 2.05) is 18.2 Å². The molecular formula is C17H16ClF2NO2. The van der Waals surface area contributed by atoms with Gasteiger partial charge < -0.3 is 10.1 Å². The van der Waals surface area contributed by atoms with Crippen molar-refractivity contribution >= 4 is 17.5 Å². The van der Waals surface area contributed by atoms with E-state index in [4.69, 9.17) is 11.6 Å². The second kappa shape index (κ2) is 8.48. The summed E-state index contributed by atoms with van der Waals surface area (Å²) >= 11 is 6.03. The number of ether oxygens (including phenoxy) is 1. The molecule has 6 heteroatoms. The van der Waals surface area contributed by atoms with Crippen molar-refractivity contribution in [1.82, 2.24) is 5.32 Å². The van der Waals surface area contributed by atoms with Gasteiger partial charge in [-0.25, -0.2) is 0 Å². The molecule has 0 saturated heterocycles. The Morgan fingerprint density at radius 3 is 2.48 bits per heavy atom. The maximum absolute atomic E-state index is 12.0. The Morgan fingerprint density at radius 1 is 1.13 bits per heavy atom. The fourth-order valence-electron chi connectivity index (χ4n) is 2.03. The minimum atomic E-state index is -2.84. The third-order valence-electron chi connectivity index (χ3n) is 3.22. The molecule has 0 bridgehead atoms. The molecule has 0 heterocycles. The van der Waals surface area contributed by atoms with Crippen molar-refractivity contribution < 1.29 is 18.3 Å². The van der Waals surface area contributed by atoms with Gasteiger partial charge in [-0.2, -0.15) is 8.78 Å². The zero-order valence-corrected chi connectivity index (χ0v) is 13.0. The van der Waals surface area contributed by atoms with Crippen molar-refractivity contribution in [2.45, 2.75) is 26.0 Å². The SMILES string of the molecule is O=C(CCc1ccccc1Cl)NCc1ccc(OC(F)F)cc1. The number of hydrogen-bond acceptors (Lipinski definition) is 2. The first-order chi connectivity index (χ1) is 11.0. The fraction of sp³-hybridized carbons (Fsp3) is 0.235. The minimum Gasteiger partial charge on any atom is -0.435 e. The van der Waals surface area contributed by atoms with Gasteiger partial charge in [-0.05, 0) is 35.7 Å². The summed E-state index contributed by atoms with van der Waals surface area (Å²) in [6, 6.07) is 13.5. The lowest BCUT2D eigenvalue weighted by Gasteiger charge is -2.08. The largest absolute Gasteiger partial charge is 0.435 e. The normalized spacial score (nSPS) is 10.6. The highest BCUT2D eigenvalue weighted by Crippen LogP contribution is 2.17. The summed E-state index contributed by atoms with van der Waals surface area (Å²) < 4.78 is 28.3. The average Bonchev–Trinajstić information content (AvgIpc) is 2.53. The summed E-state index contributed by atoms with van der Waals surface area (Å²) in [5, 5.41) is 3.43. The van der Waals surface area contributed by atoms with Gasteiger partial charge in [0.25, 0.3) is 0 Å². The molecule has 23 heavy (non-hydrogen) atoms. The lowest BCUT2D eigenvalue weighted by Crippen LogP contribution is -2.23. The molecule has 2 aromatic carbocycles. The maximum Gasteiger partial charge on any atom is 0.387 e. The van der Waals surface area contributed by atoms with E-state index in [2.05, 4.69) is 10.1 Å². The van der Waals surface area contributed by atoms with E-state index in [1.54, 1.807) is 18.2 Å². The van der Waals surface area contributed by atoms with E-state index in [-0.39, 0.29) is 11.7 Å². The van der Waals surface area contributed by atoms with Crippen molar-refractivity contribution in [1.29, 1.82) is 0 Å². The Labute approximate surface area is 138 Å². The molecule has 0 unspecified atom stereocenters. The summed E-state index contributed by atoms with van der Waals surface area (Å²) in [6.07, 6.45) is 0.892. The van der Waals surface area contributed by atoms with Crippen molar-refractivity contribution in [3.8, 4) is 5.75 Å². The van der Waals surface area contributed by atoms with Crippen LogP contribution in [0.1, 0.15) is 17.5 Å². The Bertz CT molecular complexity index is 647. The average molecular weight is 340 g/mol. The van der Waals surface area contributed by atoms with Crippen LogP contribution in [-0.2, 0) is 17.8 Å². The van der Waals surface area contributed by atoms with Crippen LogP contribution in [0.25, 0.3) is 0 Å². The van der Waals surface area contributed by atoms with E-state index >= 15 is 0 Å². The van der Waals surface area contributed by atoms with Gasteiger partial charge in [0.2, 0.25) is 5.91 Å². The van der Waals surface area contributed by atoms with Crippen LogP contribution in [0, 0.1) is 0 Å². The molecule has 0 atom stereocenters. The van der Waals surface area contributed by atoms with Crippen molar-refractivity contribution in [2.75, 3.05) is 0 Å². The topological polar surface area (TPSA) is 38.3 Å². The molecule has 2 aromatic rings. The van der Waals surface area contributed by atoms with E-state index in [1.165, 1.54) is 12.1 Å². The van der Waals surface area contributed by atoms with Crippen LogP contribution in [-0.4, -0.2) is 12.5 Å². The number of rotatable bonds is 7. The molecule has 0 saturated carbocycles. The minimum absolute atomic E-state index is 0.0915. The number of hydrogen-bond donors (Lipinski definition) is 1. The number of amides is 1. The lowest BCUT2D eigenvalue weighted by molar-refractivity contribution is -0.121. The van der Waals surface area contributed by atoms with Crippen molar-refractivity contribution in [3.63, 3.8) is 0 Å². The van der Waals surface area contributed by atoms with Crippen LogP contribution < -0.4 is 10.1 Å². The highest BCUT2D eigenvalue weighted by atomic mass is 35.5. The van der Waals surface area contributed by atoms with Gasteiger partial charge in [-0.3, -0.25) is 4.79 Å². The van der Waals surface area contributed by atoms with Gasteiger partial charge in [0.05, 0.1) is 0 Å². The third kappa shape index (κ3) is 5.87. The fourth-order valence-corrected chi connectivity index (χ4v) is 2.26. The number of nitrogens with one attached hydrogen (secondary N) is 1. The molecule has 0 aliphatic carbocycles. The highest BCUT2D eigenvalue weighted by molar-refractivity contribution is 6.31. The molecule has 1 amide bonds. The second-order valence-corrected chi connectivity index (χ2v) is 5.30. The second-order valence-electron chi connectivity index (χ2n) is 4.89. The van der Waals surface area contributed by atoms with Crippen LogP contribution in [0.5, 0.6) is 5.75 Å². The molecule has 3 nitrogen and oxygen atoms in total. The summed E-state index contributed by atoms with van der Waals surface area (Å²) in [5.41, 5.74) is 1.73. The molecule has 0 aromatic heterocycles. The Kier molecular flexibility index (Phi) is 6.35. The van der Waals surface area contributed by atoms with E-state index < -0.39 is 6.61 Å². The van der Waals surface area contributed by atoms with Crippen LogP contribution >= 0.6 is 11.6 Å². The zero-order valence-electron chi connectivity index (χ0n) is 12.3. The molecule has 0 aliphatic rings. The number of carbonyl (C=O) groups is 1. The van der Waals surface area contributed by atoms with Crippen molar-refractivity contribution in [3.05, 3.63) is 64.7 Å².